The van der Waals surface area contributed by atoms with E-state index in [1.165, 1.54) is 0 Å². The summed E-state index contributed by atoms with van der Waals surface area (Å²) in [6.07, 6.45) is 6.30. The van der Waals surface area contributed by atoms with E-state index in [0.29, 0.717) is 23.6 Å². The van der Waals surface area contributed by atoms with Gasteiger partial charge >= 0.3 is 0 Å². The highest BCUT2D eigenvalue weighted by Gasteiger charge is 2.10. The van der Waals surface area contributed by atoms with Crippen molar-refractivity contribution in [2.45, 2.75) is 33.2 Å². The van der Waals surface area contributed by atoms with Gasteiger partial charge in [-0.2, -0.15) is 0 Å². The Balaban J connectivity index is 1.81. The Kier molecular flexibility index (Phi) is 4.86. The van der Waals surface area contributed by atoms with E-state index in [9.17, 15) is 9.59 Å². The fourth-order valence-electron chi connectivity index (χ4n) is 2.00. The lowest BCUT2D eigenvalue weighted by molar-refractivity contribution is -0.120. The average Bonchev–Trinajstić information content (AvgIpc) is 2.93. The van der Waals surface area contributed by atoms with Crippen LogP contribution in [0.25, 0.3) is 0 Å². The number of amides is 1. The number of aryl methyl sites for hydroxylation is 2. The first-order valence-electron chi connectivity index (χ1n) is 6.85. The molecule has 2 heterocycles. The van der Waals surface area contributed by atoms with E-state index >= 15 is 0 Å². The van der Waals surface area contributed by atoms with Crippen molar-refractivity contribution in [3.63, 3.8) is 0 Å². The number of nitrogens with one attached hydrogen (secondary N) is 2. The van der Waals surface area contributed by atoms with Gasteiger partial charge in [-0.1, -0.05) is 0 Å². The molecule has 21 heavy (non-hydrogen) atoms. The van der Waals surface area contributed by atoms with Crippen LogP contribution in [0.15, 0.2) is 23.5 Å². The first kappa shape index (κ1) is 15.0. The Hall–Kier alpha value is -2.44. The van der Waals surface area contributed by atoms with Crippen LogP contribution in [-0.4, -0.2) is 32.0 Å². The maximum atomic E-state index is 11.9. The third kappa shape index (κ3) is 4.27. The molecule has 2 N–H and O–H groups in total. The smallest absolute Gasteiger partial charge is 0.254 e. The minimum Gasteiger partial charge on any atom is -0.356 e. The zero-order chi connectivity index (χ0) is 15.2. The largest absolute Gasteiger partial charge is 0.356 e. The van der Waals surface area contributed by atoms with Gasteiger partial charge in [0.1, 0.15) is 5.82 Å². The van der Waals surface area contributed by atoms with Crippen LogP contribution in [0.2, 0.25) is 0 Å². The van der Waals surface area contributed by atoms with Crippen molar-refractivity contribution >= 4 is 5.91 Å². The van der Waals surface area contributed by atoms with Gasteiger partial charge in [-0.25, -0.2) is 9.97 Å². The second-order valence-corrected chi connectivity index (χ2v) is 4.90. The standard InChI is InChI=1S/C14H19N5O2/c1-10-12(17-11(2)18-14(10)21)8-13(20)16-4-3-6-19-7-5-15-9-19/h5,7,9H,3-4,6,8H2,1-2H3,(H,16,20)(H,17,18,21). The maximum absolute atomic E-state index is 11.9. The lowest BCUT2D eigenvalue weighted by atomic mass is 10.2. The summed E-state index contributed by atoms with van der Waals surface area (Å²) in [5.74, 6) is 0.398. The van der Waals surface area contributed by atoms with E-state index in [1.54, 1.807) is 26.4 Å². The Bertz CT molecular complexity index is 660. The minimum absolute atomic E-state index is 0.124. The van der Waals surface area contributed by atoms with E-state index in [4.69, 9.17) is 0 Å². The van der Waals surface area contributed by atoms with Crippen molar-refractivity contribution in [2.24, 2.45) is 0 Å². The molecule has 2 rings (SSSR count). The van der Waals surface area contributed by atoms with E-state index < -0.39 is 0 Å². The van der Waals surface area contributed by atoms with Crippen molar-refractivity contribution in [2.75, 3.05) is 6.54 Å². The Morgan fingerprint density at radius 2 is 2.24 bits per heavy atom. The van der Waals surface area contributed by atoms with Gasteiger partial charge in [0.05, 0.1) is 18.4 Å². The molecule has 0 unspecified atom stereocenters. The molecule has 0 radical (unpaired) electrons. The number of hydrogen-bond donors (Lipinski definition) is 2. The van der Waals surface area contributed by atoms with Gasteiger partial charge in [0, 0.05) is 31.0 Å². The van der Waals surface area contributed by atoms with Crippen LogP contribution >= 0.6 is 0 Å². The van der Waals surface area contributed by atoms with Crippen LogP contribution in [0.3, 0.4) is 0 Å². The van der Waals surface area contributed by atoms with Crippen molar-refractivity contribution in [1.29, 1.82) is 0 Å². The van der Waals surface area contributed by atoms with Crippen LogP contribution in [0.5, 0.6) is 0 Å². The zero-order valence-electron chi connectivity index (χ0n) is 12.2. The number of carbonyl (C=O) groups excluding carboxylic acids is 1. The molecule has 0 spiro atoms. The molecule has 2 aromatic heterocycles. The van der Waals surface area contributed by atoms with Gasteiger partial charge in [-0.05, 0) is 20.3 Å². The number of hydrogen-bond acceptors (Lipinski definition) is 4. The van der Waals surface area contributed by atoms with Crippen LogP contribution < -0.4 is 10.9 Å². The molecule has 0 saturated carbocycles. The SMILES string of the molecule is Cc1nc(CC(=O)NCCCn2ccnc2)c(C)c(=O)[nH]1. The summed E-state index contributed by atoms with van der Waals surface area (Å²) < 4.78 is 1.96. The lowest BCUT2D eigenvalue weighted by Gasteiger charge is -2.07. The quantitative estimate of drug-likeness (QED) is 0.750. The molecule has 0 atom stereocenters. The second-order valence-electron chi connectivity index (χ2n) is 4.90. The summed E-state index contributed by atoms with van der Waals surface area (Å²) >= 11 is 0. The number of imidazole rings is 1. The molecule has 0 aliphatic heterocycles. The van der Waals surface area contributed by atoms with Crippen molar-refractivity contribution < 1.29 is 4.79 Å². The topological polar surface area (TPSA) is 92.7 Å². The summed E-state index contributed by atoms with van der Waals surface area (Å²) in [5.41, 5.74) is 0.836. The summed E-state index contributed by atoms with van der Waals surface area (Å²) in [6.45, 7) is 4.76. The number of aromatic nitrogens is 4. The van der Waals surface area contributed by atoms with Gasteiger partial charge in [0.25, 0.3) is 5.56 Å². The molecule has 112 valence electrons. The fourth-order valence-corrected chi connectivity index (χ4v) is 2.00. The molecule has 0 aromatic carbocycles. The molecule has 0 fully saturated rings. The van der Waals surface area contributed by atoms with E-state index in [-0.39, 0.29) is 17.9 Å². The average molecular weight is 289 g/mol. The van der Waals surface area contributed by atoms with E-state index in [2.05, 4.69) is 20.3 Å². The third-order valence-electron chi connectivity index (χ3n) is 3.17. The predicted octanol–water partition coefficient (Wildman–Crippen LogP) is 0.332. The monoisotopic (exact) mass is 289 g/mol. The summed E-state index contributed by atoms with van der Waals surface area (Å²) in [6, 6.07) is 0. The molecule has 7 nitrogen and oxygen atoms in total. The number of carbonyl (C=O) groups is 1. The van der Waals surface area contributed by atoms with Crippen molar-refractivity contribution in [3.05, 3.63) is 46.2 Å². The predicted molar refractivity (Wildman–Crippen MR) is 77.9 cm³/mol. The zero-order valence-corrected chi connectivity index (χ0v) is 12.2. The highest BCUT2D eigenvalue weighted by molar-refractivity contribution is 5.78. The molecule has 0 bridgehead atoms. The molecule has 7 heteroatoms. The fraction of sp³-hybridized carbons (Fsp3) is 0.429. The third-order valence-corrected chi connectivity index (χ3v) is 3.17. The Morgan fingerprint density at radius 1 is 1.43 bits per heavy atom. The number of nitrogens with zero attached hydrogens (tertiary/aromatic N) is 3. The molecule has 0 aliphatic rings. The Morgan fingerprint density at radius 3 is 2.95 bits per heavy atom. The number of H-pyrrole nitrogens is 1. The Labute approximate surface area is 122 Å². The van der Waals surface area contributed by atoms with Gasteiger partial charge in [0.2, 0.25) is 5.91 Å². The first-order chi connectivity index (χ1) is 10.1. The van der Waals surface area contributed by atoms with Gasteiger partial charge < -0.3 is 14.9 Å². The second kappa shape index (κ2) is 6.83. The highest BCUT2D eigenvalue weighted by atomic mass is 16.1. The summed E-state index contributed by atoms with van der Waals surface area (Å²) in [4.78, 5) is 34.2. The van der Waals surface area contributed by atoms with Crippen molar-refractivity contribution in [3.8, 4) is 0 Å². The van der Waals surface area contributed by atoms with Crippen LogP contribution in [0.4, 0.5) is 0 Å². The van der Waals surface area contributed by atoms with Crippen LogP contribution in [0.1, 0.15) is 23.5 Å². The lowest BCUT2D eigenvalue weighted by Crippen LogP contribution is -2.28. The molecule has 1 amide bonds. The summed E-state index contributed by atoms with van der Waals surface area (Å²) in [5, 5.41) is 2.83. The molecular weight excluding hydrogens is 270 g/mol. The molecule has 2 aromatic rings. The number of rotatable bonds is 6. The normalized spacial score (nSPS) is 10.6. The van der Waals surface area contributed by atoms with Gasteiger partial charge in [0.15, 0.2) is 0 Å². The van der Waals surface area contributed by atoms with E-state index in [1.807, 2.05) is 10.8 Å². The molecule has 0 saturated heterocycles. The van der Waals surface area contributed by atoms with Crippen LogP contribution in [-0.2, 0) is 17.8 Å². The molecular formula is C14H19N5O2. The number of aromatic amines is 1. The van der Waals surface area contributed by atoms with Gasteiger partial charge in [-0.3, -0.25) is 9.59 Å². The highest BCUT2D eigenvalue weighted by Crippen LogP contribution is 2.00. The van der Waals surface area contributed by atoms with Crippen LogP contribution in [0, 0.1) is 13.8 Å². The van der Waals surface area contributed by atoms with E-state index in [0.717, 1.165) is 13.0 Å². The maximum Gasteiger partial charge on any atom is 0.254 e. The molecule has 0 aliphatic carbocycles. The minimum atomic E-state index is -0.189. The first-order valence-corrected chi connectivity index (χ1v) is 6.85. The van der Waals surface area contributed by atoms with Gasteiger partial charge in [-0.15, -0.1) is 0 Å². The summed E-state index contributed by atoms with van der Waals surface area (Å²) in [7, 11) is 0. The van der Waals surface area contributed by atoms with Crippen molar-refractivity contribution in [1.82, 2.24) is 24.8 Å².